The number of aromatic nitrogens is 2. The van der Waals surface area contributed by atoms with Crippen LogP contribution in [-0.2, 0) is 11.3 Å². The Kier molecular flexibility index (Phi) is 4.64. The summed E-state index contributed by atoms with van der Waals surface area (Å²) in [6.07, 6.45) is 0.938. The molecule has 3 heterocycles. The Morgan fingerprint density at radius 3 is 2.61 bits per heavy atom. The number of carbonyl (C=O) groups excluding carboxylic acids is 2. The number of amides is 2. The third-order valence-corrected chi connectivity index (χ3v) is 5.44. The van der Waals surface area contributed by atoms with E-state index in [9.17, 15) is 18.4 Å². The molecule has 0 spiro atoms. The van der Waals surface area contributed by atoms with Crippen LogP contribution in [0.4, 0.5) is 8.78 Å². The third-order valence-electron chi connectivity index (χ3n) is 5.44. The Hall–Kier alpha value is -2.77. The molecule has 1 fully saturated rings. The number of carbonyl (C=O) groups is 2. The first-order valence-electron chi connectivity index (χ1n) is 9.39. The van der Waals surface area contributed by atoms with Crippen LogP contribution in [0.5, 0.6) is 0 Å². The zero-order valence-electron chi connectivity index (χ0n) is 15.6. The first kappa shape index (κ1) is 18.6. The Morgan fingerprint density at radius 1 is 1.14 bits per heavy atom. The molecule has 0 radical (unpaired) electrons. The third kappa shape index (κ3) is 3.50. The summed E-state index contributed by atoms with van der Waals surface area (Å²) in [6, 6.07) is 8.40. The minimum Gasteiger partial charge on any atom is -0.340 e. The molecule has 28 heavy (non-hydrogen) atoms. The summed E-state index contributed by atoms with van der Waals surface area (Å²) in [4.78, 5) is 29.1. The van der Waals surface area contributed by atoms with E-state index in [-0.39, 0.29) is 44.3 Å². The first-order valence-corrected chi connectivity index (χ1v) is 9.39. The summed E-state index contributed by atoms with van der Waals surface area (Å²) >= 11 is 0. The quantitative estimate of drug-likeness (QED) is 0.795. The summed E-state index contributed by atoms with van der Waals surface area (Å²) in [5.41, 5.74) is 2.31. The fraction of sp³-hybridized carbons (Fsp3) is 0.450. The highest BCUT2D eigenvalue weighted by molar-refractivity contribution is 5.95. The van der Waals surface area contributed by atoms with Gasteiger partial charge in [0.1, 0.15) is 6.04 Å². The van der Waals surface area contributed by atoms with E-state index < -0.39 is 12.0 Å². The maximum Gasteiger partial charge on any atom is 0.254 e. The van der Waals surface area contributed by atoms with Crippen LogP contribution in [0.3, 0.4) is 0 Å². The number of hydrogen-bond acceptors (Lipinski definition) is 3. The minimum absolute atomic E-state index is 0.0186. The number of benzene rings is 1. The fourth-order valence-electron chi connectivity index (χ4n) is 3.86. The number of aryl methyl sites for hydroxylation is 1. The number of halogens is 2. The van der Waals surface area contributed by atoms with Crippen molar-refractivity contribution < 1.29 is 18.4 Å². The number of hydrogen-bond donors (Lipinski definition) is 0. The van der Waals surface area contributed by atoms with Crippen molar-refractivity contribution in [2.45, 2.75) is 38.3 Å². The second kappa shape index (κ2) is 7.00. The average Bonchev–Trinajstić information content (AvgIpc) is 3.15. The van der Waals surface area contributed by atoms with Gasteiger partial charge >= 0.3 is 0 Å². The summed E-state index contributed by atoms with van der Waals surface area (Å²) < 4.78 is 28.5. The molecule has 1 aromatic carbocycles. The largest absolute Gasteiger partial charge is 0.340 e. The predicted molar refractivity (Wildman–Crippen MR) is 97.9 cm³/mol. The normalized spacial score (nSPS) is 21.3. The van der Waals surface area contributed by atoms with Gasteiger partial charge in [-0.2, -0.15) is 5.10 Å². The van der Waals surface area contributed by atoms with E-state index in [1.807, 2.05) is 25.1 Å². The molecule has 1 saturated heterocycles. The monoisotopic (exact) mass is 388 g/mol. The van der Waals surface area contributed by atoms with Crippen LogP contribution in [0.15, 0.2) is 36.5 Å². The average molecular weight is 388 g/mol. The van der Waals surface area contributed by atoms with Crippen LogP contribution in [0.1, 0.15) is 40.5 Å². The standard InChI is InChI=1S/C20H22F2N4O2/c1-14-3-2-4-15(11-14)18(27)25-12-16-5-8-23-26(16)17(13-25)19(28)24-9-6-20(21,22)7-10-24/h2-5,8,11,17H,6-7,9-10,12-13H2,1H3. The van der Waals surface area contributed by atoms with Gasteiger partial charge in [0, 0.05) is 37.7 Å². The van der Waals surface area contributed by atoms with Crippen molar-refractivity contribution in [2.75, 3.05) is 19.6 Å². The van der Waals surface area contributed by atoms with Gasteiger partial charge in [0.2, 0.25) is 5.91 Å². The summed E-state index contributed by atoms with van der Waals surface area (Å²) in [5, 5.41) is 4.25. The first-order chi connectivity index (χ1) is 13.3. The molecule has 2 aliphatic heterocycles. The number of rotatable bonds is 2. The van der Waals surface area contributed by atoms with Crippen molar-refractivity contribution in [3.63, 3.8) is 0 Å². The second-order valence-electron chi connectivity index (χ2n) is 7.52. The van der Waals surface area contributed by atoms with Crippen molar-refractivity contribution in [1.29, 1.82) is 0 Å². The predicted octanol–water partition coefficient (Wildman–Crippen LogP) is 2.65. The van der Waals surface area contributed by atoms with E-state index in [4.69, 9.17) is 0 Å². The summed E-state index contributed by atoms with van der Waals surface area (Å²) in [6.45, 7) is 2.48. The Morgan fingerprint density at radius 2 is 1.89 bits per heavy atom. The van der Waals surface area contributed by atoms with Crippen LogP contribution < -0.4 is 0 Å². The Balaban J connectivity index is 1.56. The molecular formula is C20H22F2N4O2. The SMILES string of the molecule is Cc1cccc(C(=O)N2Cc3ccnn3C(C(=O)N3CCC(F)(F)CC3)C2)c1. The van der Waals surface area contributed by atoms with E-state index in [0.717, 1.165) is 11.3 Å². The number of nitrogens with zero attached hydrogens (tertiary/aromatic N) is 4. The van der Waals surface area contributed by atoms with E-state index in [1.165, 1.54) is 4.90 Å². The lowest BCUT2D eigenvalue weighted by atomic mass is 10.0. The van der Waals surface area contributed by atoms with Gasteiger partial charge in [-0.15, -0.1) is 0 Å². The highest BCUT2D eigenvalue weighted by Crippen LogP contribution is 2.30. The molecule has 1 aromatic heterocycles. The van der Waals surface area contributed by atoms with Crippen molar-refractivity contribution >= 4 is 11.8 Å². The summed E-state index contributed by atoms with van der Waals surface area (Å²) in [5.74, 6) is -3.13. The molecule has 8 heteroatoms. The maximum absolute atomic E-state index is 13.5. The Labute approximate surface area is 161 Å². The van der Waals surface area contributed by atoms with Gasteiger partial charge in [-0.3, -0.25) is 14.3 Å². The zero-order chi connectivity index (χ0) is 19.9. The van der Waals surface area contributed by atoms with Crippen LogP contribution in [0.25, 0.3) is 0 Å². The number of alkyl halides is 2. The van der Waals surface area contributed by atoms with Gasteiger partial charge in [0.15, 0.2) is 0 Å². The molecule has 2 aromatic rings. The maximum atomic E-state index is 13.5. The molecule has 1 unspecified atom stereocenters. The molecular weight excluding hydrogens is 366 g/mol. The van der Waals surface area contributed by atoms with Crippen molar-refractivity contribution in [3.8, 4) is 0 Å². The molecule has 0 saturated carbocycles. The van der Waals surface area contributed by atoms with Crippen LogP contribution in [0.2, 0.25) is 0 Å². The van der Waals surface area contributed by atoms with Gasteiger partial charge in [-0.05, 0) is 25.1 Å². The molecule has 2 amide bonds. The van der Waals surface area contributed by atoms with E-state index >= 15 is 0 Å². The van der Waals surface area contributed by atoms with E-state index in [0.29, 0.717) is 12.1 Å². The molecule has 0 N–H and O–H groups in total. The lowest BCUT2D eigenvalue weighted by molar-refractivity contribution is -0.142. The minimum atomic E-state index is -2.71. The highest BCUT2D eigenvalue weighted by Gasteiger charge is 2.40. The van der Waals surface area contributed by atoms with Crippen molar-refractivity contribution in [3.05, 3.63) is 53.3 Å². The molecule has 2 aliphatic rings. The smallest absolute Gasteiger partial charge is 0.254 e. The Bertz CT molecular complexity index is 901. The molecule has 6 nitrogen and oxygen atoms in total. The van der Waals surface area contributed by atoms with E-state index in [2.05, 4.69) is 5.10 Å². The van der Waals surface area contributed by atoms with Crippen LogP contribution >= 0.6 is 0 Å². The van der Waals surface area contributed by atoms with Gasteiger partial charge in [0.05, 0.1) is 18.8 Å². The topological polar surface area (TPSA) is 58.4 Å². The fourth-order valence-corrected chi connectivity index (χ4v) is 3.86. The van der Waals surface area contributed by atoms with Crippen molar-refractivity contribution in [1.82, 2.24) is 19.6 Å². The molecule has 1 atom stereocenters. The number of piperidine rings is 1. The highest BCUT2D eigenvalue weighted by atomic mass is 19.3. The van der Waals surface area contributed by atoms with Gasteiger partial charge < -0.3 is 9.80 Å². The lowest BCUT2D eigenvalue weighted by Crippen LogP contribution is -2.51. The zero-order valence-corrected chi connectivity index (χ0v) is 15.6. The van der Waals surface area contributed by atoms with Crippen LogP contribution in [-0.4, -0.2) is 57.0 Å². The van der Waals surface area contributed by atoms with E-state index in [1.54, 1.807) is 27.9 Å². The van der Waals surface area contributed by atoms with Crippen LogP contribution in [0, 0.1) is 6.92 Å². The van der Waals surface area contributed by atoms with Gasteiger partial charge in [0.25, 0.3) is 11.8 Å². The number of fused-ring (bicyclic) bond motifs is 1. The van der Waals surface area contributed by atoms with Crippen molar-refractivity contribution in [2.24, 2.45) is 0 Å². The lowest BCUT2D eigenvalue weighted by Gasteiger charge is -2.38. The molecule has 0 aliphatic carbocycles. The van der Waals surface area contributed by atoms with Gasteiger partial charge in [-0.25, -0.2) is 8.78 Å². The summed E-state index contributed by atoms with van der Waals surface area (Å²) in [7, 11) is 0. The van der Waals surface area contributed by atoms with Gasteiger partial charge in [-0.1, -0.05) is 17.7 Å². The second-order valence-corrected chi connectivity index (χ2v) is 7.52. The molecule has 4 rings (SSSR count). The molecule has 148 valence electrons. The number of likely N-dealkylation sites (tertiary alicyclic amines) is 1. The molecule has 0 bridgehead atoms.